The van der Waals surface area contributed by atoms with Gasteiger partial charge in [0.2, 0.25) is 0 Å². The Bertz CT molecular complexity index is 1300. The zero-order valence-electron chi connectivity index (χ0n) is 19.8. The van der Waals surface area contributed by atoms with E-state index < -0.39 is 5.51 Å². The molecule has 1 aliphatic rings. The first-order chi connectivity index (χ1) is 17.1. The Kier molecular flexibility index (Phi) is 7.55. The Balaban J connectivity index is 1.45. The third-order valence-electron chi connectivity index (χ3n) is 5.54. The van der Waals surface area contributed by atoms with E-state index in [1.54, 1.807) is 27.7 Å². The van der Waals surface area contributed by atoms with Gasteiger partial charge < -0.3 is 10.1 Å². The number of aryl methyl sites for hydroxylation is 2. The molecule has 3 heterocycles. The van der Waals surface area contributed by atoms with Crippen LogP contribution in [0.2, 0.25) is 5.02 Å². The van der Waals surface area contributed by atoms with Crippen LogP contribution in [-0.2, 0) is 17.7 Å². The van der Waals surface area contributed by atoms with Crippen molar-refractivity contribution in [1.29, 1.82) is 0 Å². The number of halogens is 4. The lowest BCUT2D eigenvalue weighted by Gasteiger charge is -2.32. The number of methoxy groups -OCH3 is 1. The summed E-state index contributed by atoms with van der Waals surface area (Å²) >= 11 is 5.99. The number of amidine groups is 1. The van der Waals surface area contributed by atoms with Gasteiger partial charge in [0.05, 0.1) is 48.6 Å². The molecule has 0 aliphatic carbocycles. The second-order valence-corrected chi connectivity index (χ2v) is 9.48. The molecular weight excluding hydrogens is 517 g/mol. The topological polar surface area (TPSA) is 74.5 Å². The molecule has 13 heteroatoms. The molecule has 4 rings (SSSR count). The van der Waals surface area contributed by atoms with Crippen LogP contribution in [0, 0.1) is 6.92 Å². The maximum absolute atomic E-state index is 13.0. The van der Waals surface area contributed by atoms with Crippen LogP contribution in [0.1, 0.15) is 34.2 Å². The monoisotopic (exact) mass is 540 g/mol. The van der Waals surface area contributed by atoms with Crippen LogP contribution in [0.5, 0.6) is 0 Å². The fourth-order valence-corrected chi connectivity index (χ4v) is 4.54. The van der Waals surface area contributed by atoms with Crippen molar-refractivity contribution >= 4 is 46.8 Å². The van der Waals surface area contributed by atoms with Gasteiger partial charge in [0, 0.05) is 12.7 Å². The number of nitrogens with zero attached hydrogens (tertiary/aromatic N) is 5. The summed E-state index contributed by atoms with van der Waals surface area (Å²) in [6.07, 6.45) is 2.29. The number of imidazole rings is 1. The van der Waals surface area contributed by atoms with Gasteiger partial charge in [0.1, 0.15) is 11.3 Å². The molecular formula is C23H24ClF3N6O2S. The molecule has 1 aliphatic heterocycles. The molecule has 1 amide bonds. The van der Waals surface area contributed by atoms with E-state index in [1.165, 1.54) is 7.11 Å². The first-order valence-corrected chi connectivity index (χ1v) is 12.2. The number of alkyl halides is 3. The third-order valence-corrected chi connectivity index (χ3v) is 6.71. The van der Waals surface area contributed by atoms with Gasteiger partial charge >= 0.3 is 11.5 Å². The summed E-state index contributed by atoms with van der Waals surface area (Å²) in [6.45, 7) is 4.43. The number of hydrogen-bond acceptors (Lipinski definition) is 7. The lowest BCUT2D eigenvalue weighted by atomic mass is 10.2. The Labute approximate surface area is 215 Å². The molecule has 0 radical (unpaired) electrons. The highest BCUT2D eigenvalue weighted by molar-refractivity contribution is 7.98. The van der Waals surface area contributed by atoms with Crippen molar-refractivity contribution in [3.05, 3.63) is 64.1 Å². The smallest absolute Gasteiger partial charge is 0.461 e. The quantitative estimate of drug-likeness (QED) is 0.444. The highest BCUT2D eigenvalue weighted by atomic mass is 35.5. The Morgan fingerprint density at radius 3 is 2.61 bits per heavy atom. The number of carbonyl (C=O) groups is 1. The van der Waals surface area contributed by atoms with Crippen LogP contribution >= 0.6 is 23.5 Å². The summed E-state index contributed by atoms with van der Waals surface area (Å²) in [5.74, 6) is -0.268. The summed E-state index contributed by atoms with van der Waals surface area (Å²) in [4.78, 5) is 17.6. The van der Waals surface area contributed by atoms with E-state index in [0.29, 0.717) is 34.2 Å². The van der Waals surface area contributed by atoms with E-state index in [9.17, 15) is 18.0 Å². The van der Waals surface area contributed by atoms with Crippen LogP contribution in [0.4, 0.5) is 18.9 Å². The summed E-state index contributed by atoms with van der Waals surface area (Å²) in [5.41, 5.74) is -0.230. The zero-order chi connectivity index (χ0) is 26.0. The average molecular weight is 541 g/mol. The standard InChI is InChI=1S/C23H24ClF3N6O2S/c1-4-18-20(31-13-17(24)14(2)11-19(31)29-18)21(34)28-12-15-5-7-16(8-6-15)32-9-10-33(22(30-32)35-3)36-23(25,26)27/h5-8,11,13H,4,9-10,12H2,1-3H3,(H,28,34). The summed E-state index contributed by atoms with van der Waals surface area (Å²) in [6, 6.07) is 8.94. The van der Waals surface area contributed by atoms with Crippen LogP contribution in [0.15, 0.2) is 41.6 Å². The number of nitrogens with one attached hydrogen (secondary N) is 1. The predicted octanol–water partition coefficient (Wildman–Crippen LogP) is 5.00. The maximum Gasteiger partial charge on any atom is 0.461 e. The van der Waals surface area contributed by atoms with Crippen molar-refractivity contribution in [3.63, 3.8) is 0 Å². The second kappa shape index (κ2) is 10.5. The van der Waals surface area contributed by atoms with Gasteiger partial charge in [-0.25, -0.2) is 4.98 Å². The Hall–Kier alpha value is -3.12. The van der Waals surface area contributed by atoms with Gasteiger partial charge in [-0.05, 0) is 42.7 Å². The number of benzene rings is 1. The average Bonchev–Trinajstić information content (AvgIpc) is 3.19. The van der Waals surface area contributed by atoms with Gasteiger partial charge in [0.15, 0.2) is 0 Å². The number of hydrogen-bond donors (Lipinski definition) is 1. The molecule has 0 saturated heterocycles. The largest absolute Gasteiger partial charge is 0.467 e. The molecule has 2 aromatic heterocycles. The Morgan fingerprint density at radius 2 is 1.97 bits per heavy atom. The minimum atomic E-state index is -4.43. The van der Waals surface area contributed by atoms with E-state index in [1.807, 2.05) is 32.0 Å². The number of amides is 1. The molecule has 8 nitrogen and oxygen atoms in total. The van der Waals surface area contributed by atoms with Crippen LogP contribution in [0.25, 0.3) is 5.65 Å². The molecule has 3 aromatic rings. The fraction of sp³-hybridized carbons (Fsp3) is 0.348. The van der Waals surface area contributed by atoms with Gasteiger partial charge in [0.25, 0.3) is 5.91 Å². The lowest BCUT2D eigenvalue weighted by Crippen LogP contribution is -2.42. The first-order valence-electron chi connectivity index (χ1n) is 11.1. The molecule has 0 saturated carbocycles. The van der Waals surface area contributed by atoms with Crippen molar-refractivity contribution in [2.45, 2.75) is 32.3 Å². The normalized spacial score (nSPS) is 14.2. The second-order valence-electron chi connectivity index (χ2n) is 7.99. The van der Waals surface area contributed by atoms with Crippen molar-refractivity contribution in [3.8, 4) is 0 Å². The number of anilines is 1. The summed E-state index contributed by atoms with van der Waals surface area (Å²) < 4.78 is 45.9. The van der Waals surface area contributed by atoms with E-state index in [0.717, 1.165) is 15.4 Å². The molecule has 1 N–H and O–H groups in total. The minimum Gasteiger partial charge on any atom is -0.467 e. The van der Waals surface area contributed by atoms with E-state index in [2.05, 4.69) is 15.4 Å². The summed E-state index contributed by atoms with van der Waals surface area (Å²) in [5, 5.41) is 9.22. The van der Waals surface area contributed by atoms with Gasteiger partial charge in [-0.3, -0.25) is 18.5 Å². The van der Waals surface area contributed by atoms with E-state index in [-0.39, 0.29) is 43.5 Å². The number of rotatable bonds is 6. The molecule has 0 unspecified atom stereocenters. The summed E-state index contributed by atoms with van der Waals surface area (Å²) in [7, 11) is 1.28. The molecule has 0 spiro atoms. The molecule has 0 bridgehead atoms. The van der Waals surface area contributed by atoms with Gasteiger partial charge in [-0.1, -0.05) is 30.7 Å². The number of hydrazone groups is 1. The van der Waals surface area contributed by atoms with E-state index >= 15 is 0 Å². The van der Waals surface area contributed by atoms with Crippen molar-refractivity contribution < 1.29 is 22.7 Å². The van der Waals surface area contributed by atoms with Gasteiger partial charge in [-0.15, -0.1) is 5.10 Å². The number of aromatic nitrogens is 2. The molecule has 36 heavy (non-hydrogen) atoms. The minimum absolute atomic E-state index is 0.0806. The van der Waals surface area contributed by atoms with Gasteiger partial charge in [-0.2, -0.15) is 13.2 Å². The third kappa shape index (κ3) is 5.65. The highest BCUT2D eigenvalue weighted by Gasteiger charge is 2.36. The maximum atomic E-state index is 13.0. The van der Waals surface area contributed by atoms with E-state index in [4.69, 9.17) is 16.3 Å². The molecule has 192 valence electrons. The number of ether oxygens (including phenoxy) is 1. The first kappa shape index (κ1) is 26.0. The fourth-order valence-electron chi connectivity index (χ4n) is 3.77. The van der Waals surface area contributed by atoms with Crippen molar-refractivity contribution in [2.24, 2.45) is 5.10 Å². The van der Waals surface area contributed by atoms with Crippen LogP contribution in [-0.4, -0.2) is 51.3 Å². The number of pyridine rings is 1. The molecule has 0 atom stereocenters. The number of carbonyl (C=O) groups excluding carboxylic acids is 1. The molecule has 0 fully saturated rings. The van der Waals surface area contributed by atoms with Crippen LogP contribution < -0.4 is 10.3 Å². The highest BCUT2D eigenvalue weighted by Crippen LogP contribution is 2.35. The van der Waals surface area contributed by atoms with Crippen molar-refractivity contribution in [1.82, 2.24) is 19.0 Å². The predicted molar refractivity (Wildman–Crippen MR) is 134 cm³/mol. The van der Waals surface area contributed by atoms with Crippen LogP contribution in [0.3, 0.4) is 0 Å². The number of fused-ring (bicyclic) bond motifs is 1. The SMILES string of the molecule is CCc1nc2cc(C)c(Cl)cn2c1C(=O)NCc1ccc(N2CCN(SC(F)(F)F)C(OC)=N2)cc1. The molecule has 1 aromatic carbocycles. The zero-order valence-corrected chi connectivity index (χ0v) is 21.3. The van der Waals surface area contributed by atoms with Crippen molar-refractivity contribution in [2.75, 3.05) is 25.2 Å². The lowest BCUT2D eigenvalue weighted by molar-refractivity contribution is -0.0355. The Morgan fingerprint density at radius 1 is 1.25 bits per heavy atom.